The second-order valence-corrected chi connectivity index (χ2v) is 5.22. The lowest BCUT2D eigenvalue weighted by molar-refractivity contribution is -0.182. The molecule has 2 rings (SSSR count). The molecule has 0 spiro atoms. The Hall–Kier alpha value is -1.14. The largest absolute Gasteiger partial charge is 0.481 e. The number of hydrogen-bond acceptors (Lipinski definition) is 4. The summed E-state index contributed by atoms with van der Waals surface area (Å²) in [5.74, 6) is -1.11. The molecule has 0 aliphatic carbocycles. The normalized spacial score (nSPS) is 31.3. The van der Waals surface area contributed by atoms with Crippen molar-refractivity contribution < 1.29 is 24.5 Å². The van der Waals surface area contributed by atoms with Crippen LogP contribution in [0.1, 0.15) is 26.2 Å². The molecule has 102 valence electrons. The highest BCUT2D eigenvalue weighted by molar-refractivity contribution is 5.78. The summed E-state index contributed by atoms with van der Waals surface area (Å²) in [5.41, 5.74) is -2.52. The minimum absolute atomic E-state index is 0.106. The second-order valence-electron chi connectivity index (χ2n) is 5.22. The van der Waals surface area contributed by atoms with Gasteiger partial charge in [0.05, 0.1) is 6.54 Å². The molecule has 2 saturated heterocycles. The molecule has 0 radical (unpaired) electrons. The van der Waals surface area contributed by atoms with Gasteiger partial charge in [-0.2, -0.15) is 0 Å². The number of rotatable bonds is 2. The van der Waals surface area contributed by atoms with Gasteiger partial charge in [-0.1, -0.05) is 0 Å². The molecule has 2 aliphatic rings. The molecule has 0 saturated carbocycles. The monoisotopic (exact) mass is 257 g/mol. The third kappa shape index (κ3) is 1.89. The van der Waals surface area contributed by atoms with Gasteiger partial charge in [-0.3, -0.25) is 9.59 Å². The van der Waals surface area contributed by atoms with Crippen LogP contribution in [0, 0.1) is 5.41 Å². The van der Waals surface area contributed by atoms with Gasteiger partial charge in [0.1, 0.15) is 11.0 Å². The van der Waals surface area contributed by atoms with E-state index in [0.717, 1.165) is 0 Å². The van der Waals surface area contributed by atoms with Gasteiger partial charge < -0.3 is 19.8 Å². The predicted molar refractivity (Wildman–Crippen MR) is 61.9 cm³/mol. The van der Waals surface area contributed by atoms with Gasteiger partial charge in [0, 0.05) is 26.7 Å². The molecule has 1 unspecified atom stereocenters. The number of nitrogens with zero attached hydrogens (tertiary/aromatic N) is 1. The molecule has 1 amide bonds. The maximum atomic E-state index is 11.6. The lowest BCUT2D eigenvalue weighted by Crippen LogP contribution is -2.57. The summed E-state index contributed by atoms with van der Waals surface area (Å²) >= 11 is 0. The van der Waals surface area contributed by atoms with Gasteiger partial charge in [0.15, 0.2) is 0 Å². The summed E-state index contributed by atoms with van der Waals surface area (Å²) in [6.45, 7) is 2.64. The van der Waals surface area contributed by atoms with Gasteiger partial charge in [-0.15, -0.1) is 0 Å². The van der Waals surface area contributed by atoms with Gasteiger partial charge in [0.25, 0.3) is 0 Å². The van der Waals surface area contributed by atoms with Gasteiger partial charge in [-0.05, 0) is 19.3 Å². The summed E-state index contributed by atoms with van der Waals surface area (Å²) in [7, 11) is 0. The number of carbonyl (C=O) groups excluding carboxylic acids is 1. The van der Waals surface area contributed by atoms with E-state index in [4.69, 9.17) is 4.74 Å². The lowest BCUT2D eigenvalue weighted by Gasteiger charge is -2.44. The number of hydrogen-bond donors (Lipinski definition) is 2. The highest BCUT2D eigenvalue weighted by Gasteiger charge is 2.59. The Morgan fingerprint density at radius 3 is 2.28 bits per heavy atom. The van der Waals surface area contributed by atoms with E-state index in [1.165, 1.54) is 11.8 Å². The van der Waals surface area contributed by atoms with Crippen LogP contribution in [0.2, 0.25) is 0 Å². The summed E-state index contributed by atoms with van der Waals surface area (Å²) in [4.78, 5) is 24.5. The molecular weight excluding hydrogens is 238 g/mol. The zero-order chi connectivity index (χ0) is 13.4. The number of carbonyl (C=O) groups is 2. The minimum Gasteiger partial charge on any atom is -0.481 e. The quantitative estimate of drug-likeness (QED) is 0.718. The molecule has 18 heavy (non-hydrogen) atoms. The number of carboxylic acid groups (broad SMARTS) is 1. The van der Waals surface area contributed by atoms with Crippen LogP contribution in [-0.4, -0.2) is 58.9 Å². The molecule has 2 heterocycles. The van der Waals surface area contributed by atoms with Gasteiger partial charge in [-0.25, -0.2) is 0 Å². The zero-order valence-electron chi connectivity index (χ0n) is 10.5. The van der Waals surface area contributed by atoms with Crippen LogP contribution >= 0.6 is 0 Å². The van der Waals surface area contributed by atoms with E-state index in [-0.39, 0.29) is 12.5 Å². The fourth-order valence-corrected chi connectivity index (χ4v) is 3.05. The molecule has 2 fully saturated rings. The van der Waals surface area contributed by atoms with Crippen LogP contribution in [0.15, 0.2) is 0 Å². The Morgan fingerprint density at radius 2 is 1.83 bits per heavy atom. The van der Waals surface area contributed by atoms with Crippen LogP contribution in [0.4, 0.5) is 0 Å². The van der Waals surface area contributed by atoms with E-state index >= 15 is 0 Å². The molecule has 0 aromatic carbocycles. The van der Waals surface area contributed by atoms with Crippen LogP contribution < -0.4 is 0 Å². The molecule has 1 atom stereocenters. The topological polar surface area (TPSA) is 87.1 Å². The highest BCUT2D eigenvalue weighted by Crippen LogP contribution is 2.46. The maximum absolute atomic E-state index is 11.6. The number of ether oxygens (including phenoxy) is 1. The Balaban J connectivity index is 2.26. The number of carboxylic acids is 1. The summed E-state index contributed by atoms with van der Waals surface area (Å²) in [5, 5.41) is 20.2. The van der Waals surface area contributed by atoms with Crippen LogP contribution in [0.5, 0.6) is 0 Å². The number of aliphatic hydroxyl groups is 1. The van der Waals surface area contributed by atoms with E-state index in [2.05, 4.69) is 0 Å². The first-order chi connectivity index (χ1) is 8.41. The fraction of sp³-hybridized carbons (Fsp3) is 0.833. The molecule has 0 aromatic heterocycles. The van der Waals surface area contributed by atoms with Crippen molar-refractivity contribution in [2.75, 3.05) is 26.3 Å². The standard InChI is InChI=1S/C12H19NO5/c1-9(14)13-5-2-12(17,8-13)11(10(15)16)3-6-18-7-4-11/h17H,2-8H2,1H3,(H,15,16). The van der Waals surface area contributed by atoms with E-state index in [9.17, 15) is 19.8 Å². The first-order valence-corrected chi connectivity index (χ1v) is 6.20. The molecule has 0 aromatic rings. The number of aliphatic carboxylic acids is 1. The molecular formula is C12H19NO5. The molecule has 6 heteroatoms. The van der Waals surface area contributed by atoms with E-state index in [1.54, 1.807) is 0 Å². The smallest absolute Gasteiger partial charge is 0.312 e. The van der Waals surface area contributed by atoms with E-state index in [1.807, 2.05) is 0 Å². The van der Waals surface area contributed by atoms with Crippen molar-refractivity contribution in [2.24, 2.45) is 5.41 Å². The lowest BCUT2D eigenvalue weighted by atomic mass is 9.66. The Morgan fingerprint density at radius 1 is 1.22 bits per heavy atom. The molecule has 2 N–H and O–H groups in total. The van der Waals surface area contributed by atoms with Crippen molar-refractivity contribution in [3.63, 3.8) is 0 Å². The maximum Gasteiger partial charge on any atom is 0.312 e. The van der Waals surface area contributed by atoms with Crippen molar-refractivity contribution in [2.45, 2.75) is 31.8 Å². The Kier molecular flexibility index (Phi) is 3.33. The van der Waals surface area contributed by atoms with Crippen molar-refractivity contribution in [3.8, 4) is 0 Å². The average molecular weight is 257 g/mol. The second kappa shape index (κ2) is 4.51. The van der Waals surface area contributed by atoms with E-state index in [0.29, 0.717) is 39.0 Å². The third-order valence-electron chi connectivity index (χ3n) is 4.34. The van der Waals surface area contributed by atoms with Crippen LogP contribution in [0.3, 0.4) is 0 Å². The number of likely N-dealkylation sites (tertiary alicyclic amines) is 1. The van der Waals surface area contributed by atoms with Crippen molar-refractivity contribution in [3.05, 3.63) is 0 Å². The minimum atomic E-state index is -1.34. The van der Waals surface area contributed by atoms with Crippen molar-refractivity contribution in [1.29, 1.82) is 0 Å². The van der Waals surface area contributed by atoms with Gasteiger partial charge in [0.2, 0.25) is 5.91 Å². The molecule has 6 nitrogen and oxygen atoms in total. The Bertz CT molecular complexity index is 363. The Labute approximate surface area is 106 Å². The van der Waals surface area contributed by atoms with Crippen molar-refractivity contribution in [1.82, 2.24) is 4.90 Å². The zero-order valence-corrected chi connectivity index (χ0v) is 10.5. The molecule has 0 bridgehead atoms. The molecule has 2 aliphatic heterocycles. The fourth-order valence-electron chi connectivity index (χ4n) is 3.05. The third-order valence-corrected chi connectivity index (χ3v) is 4.34. The number of amides is 1. The van der Waals surface area contributed by atoms with E-state index < -0.39 is 17.0 Å². The first-order valence-electron chi connectivity index (χ1n) is 6.20. The SMILES string of the molecule is CC(=O)N1CCC(O)(C2(C(=O)O)CCOCC2)C1. The first kappa shape index (κ1) is 13.3. The predicted octanol–water partition coefficient (Wildman–Crippen LogP) is -0.149. The average Bonchev–Trinajstić information content (AvgIpc) is 2.74. The van der Waals surface area contributed by atoms with Crippen LogP contribution in [-0.2, 0) is 14.3 Å². The van der Waals surface area contributed by atoms with Crippen LogP contribution in [0.25, 0.3) is 0 Å². The van der Waals surface area contributed by atoms with Gasteiger partial charge >= 0.3 is 5.97 Å². The number of β-amino-alcohol motifs (C(OH)–C–C–N with tert-alkyl or cyclic N) is 1. The summed E-state index contributed by atoms with van der Waals surface area (Å²) < 4.78 is 5.20. The van der Waals surface area contributed by atoms with Crippen molar-refractivity contribution >= 4 is 11.9 Å². The summed E-state index contributed by atoms with van der Waals surface area (Å²) in [6.07, 6.45) is 0.911. The highest BCUT2D eigenvalue weighted by atomic mass is 16.5. The summed E-state index contributed by atoms with van der Waals surface area (Å²) in [6, 6.07) is 0.